The van der Waals surface area contributed by atoms with Crippen molar-refractivity contribution >= 4 is 0 Å². The number of hydrogen-bond donors (Lipinski definition) is 0. The third-order valence-corrected chi connectivity index (χ3v) is 6.15. The Balaban J connectivity index is 1.54. The summed E-state index contributed by atoms with van der Waals surface area (Å²) in [4.78, 5) is 0. The molecule has 0 N–H and O–H groups in total. The van der Waals surface area contributed by atoms with Gasteiger partial charge in [0, 0.05) is 0 Å². The van der Waals surface area contributed by atoms with E-state index in [0.717, 1.165) is 42.4 Å². The molecule has 0 saturated heterocycles. The van der Waals surface area contributed by atoms with Crippen molar-refractivity contribution < 1.29 is 4.39 Å². The quantitative estimate of drug-likeness (QED) is 0.259. The van der Waals surface area contributed by atoms with Crippen LogP contribution in [0, 0.1) is 5.82 Å². The first kappa shape index (κ1) is 23.3. The Hall–Kier alpha value is -2.41. The minimum atomic E-state index is -0.0971. The summed E-state index contributed by atoms with van der Waals surface area (Å²) in [5, 5.41) is 0. The van der Waals surface area contributed by atoms with Crippen molar-refractivity contribution in [3.63, 3.8) is 0 Å². The summed E-state index contributed by atoms with van der Waals surface area (Å²) < 4.78 is 14.8. The molecule has 0 amide bonds. The monoisotopic (exact) mass is 416 g/mol. The van der Waals surface area contributed by atoms with E-state index < -0.39 is 0 Å². The predicted octanol–water partition coefficient (Wildman–Crippen LogP) is 8.74. The first-order valence-corrected chi connectivity index (χ1v) is 12.1. The molecule has 0 aliphatic heterocycles. The molecule has 0 aromatic heterocycles. The zero-order valence-corrected chi connectivity index (χ0v) is 19.3. The average Bonchev–Trinajstić information content (AvgIpc) is 2.80. The first-order valence-electron chi connectivity index (χ1n) is 12.1. The molecule has 0 radical (unpaired) electrons. The molecule has 0 unspecified atom stereocenters. The van der Waals surface area contributed by atoms with Crippen molar-refractivity contribution in [2.45, 2.75) is 78.1 Å². The fraction of sp³-hybridized carbons (Fsp3) is 0.400. The number of halogens is 1. The molecule has 0 aliphatic carbocycles. The lowest BCUT2D eigenvalue weighted by atomic mass is 9.97. The molecule has 0 heterocycles. The van der Waals surface area contributed by atoms with Gasteiger partial charge in [0.1, 0.15) is 5.82 Å². The Morgan fingerprint density at radius 1 is 0.516 bits per heavy atom. The van der Waals surface area contributed by atoms with Gasteiger partial charge in [0.25, 0.3) is 0 Å². The molecular formula is C30H37F. The van der Waals surface area contributed by atoms with E-state index in [1.165, 1.54) is 55.2 Å². The van der Waals surface area contributed by atoms with Crippen LogP contribution in [0.5, 0.6) is 0 Å². The summed E-state index contributed by atoms with van der Waals surface area (Å²) in [5.41, 5.74) is 6.87. The standard InChI is InChI=1S/C30H37F/c1-3-5-6-7-8-10-25-15-18-27(19-16-25)29-22-21-28(30(31)23-29)20-17-26-13-11-24(9-4-2)12-14-26/h11-16,18-19,21-23H,3-10,17,20H2,1-2H3. The highest BCUT2D eigenvalue weighted by molar-refractivity contribution is 5.64. The second kappa shape index (κ2) is 12.4. The van der Waals surface area contributed by atoms with Crippen LogP contribution >= 0.6 is 0 Å². The van der Waals surface area contributed by atoms with Gasteiger partial charge in [0.05, 0.1) is 0 Å². The number of benzene rings is 3. The highest BCUT2D eigenvalue weighted by atomic mass is 19.1. The van der Waals surface area contributed by atoms with Gasteiger partial charge in [-0.05, 0) is 71.6 Å². The minimum Gasteiger partial charge on any atom is -0.207 e. The molecule has 31 heavy (non-hydrogen) atoms. The van der Waals surface area contributed by atoms with Crippen molar-refractivity contribution in [3.05, 3.63) is 94.8 Å². The molecule has 1 heteroatoms. The van der Waals surface area contributed by atoms with Crippen LogP contribution in [0.1, 0.15) is 74.6 Å². The van der Waals surface area contributed by atoms with Crippen LogP contribution in [0.3, 0.4) is 0 Å². The zero-order valence-electron chi connectivity index (χ0n) is 19.3. The molecule has 3 aromatic carbocycles. The zero-order chi connectivity index (χ0) is 21.9. The van der Waals surface area contributed by atoms with Crippen molar-refractivity contribution in [1.29, 1.82) is 0 Å². The molecule has 0 nitrogen and oxygen atoms in total. The molecule has 0 saturated carbocycles. The van der Waals surface area contributed by atoms with Crippen LogP contribution in [-0.4, -0.2) is 0 Å². The van der Waals surface area contributed by atoms with Crippen LogP contribution in [0.25, 0.3) is 11.1 Å². The second-order valence-electron chi connectivity index (χ2n) is 8.73. The first-order chi connectivity index (χ1) is 15.2. The highest BCUT2D eigenvalue weighted by Crippen LogP contribution is 2.24. The molecule has 164 valence electrons. The lowest BCUT2D eigenvalue weighted by molar-refractivity contribution is 0.609. The maximum absolute atomic E-state index is 14.8. The second-order valence-corrected chi connectivity index (χ2v) is 8.73. The fourth-order valence-corrected chi connectivity index (χ4v) is 4.17. The van der Waals surface area contributed by atoms with Gasteiger partial charge >= 0.3 is 0 Å². The molecule has 0 bridgehead atoms. The van der Waals surface area contributed by atoms with Gasteiger partial charge in [0.2, 0.25) is 0 Å². The molecule has 3 aromatic rings. The van der Waals surface area contributed by atoms with Crippen LogP contribution in [0.2, 0.25) is 0 Å². The third kappa shape index (κ3) is 7.35. The summed E-state index contributed by atoms with van der Waals surface area (Å²) in [6.07, 6.45) is 11.6. The van der Waals surface area contributed by atoms with E-state index in [4.69, 9.17) is 0 Å². The van der Waals surface area contributed by atoms with Gasteiger partial charge in [-0.15, -0.1) is 0 Å². The summed E-state index contributed by atoms with van der Waals surface area (Å²) in [6.45, 7) is 4.45. The van der Waals surface area contributed by atoms with E-state index in [-0.39, 0.29) is 5.82 Å². The van der Waals surface area contributed by atoms with E-state index in [2.05, 4.69) is 68.4 Å². The average molecular weight is 417 g/mol. The Kier molecular flexibility index (Phi) is 9.34. The predicted molar refractivity (Wildman–Crippen MR) is 132 cm³/mol. The van der Waals surface area contributed by atoms with Gasteiger partial charge in [-0.1, -0.05) is 107 Å². The van der Waals surface area contributed by atoms with Gasteiger partial charge in [-0.2, -0.15) is 0 Å². The number of rotatable bonds is 12. The molecule has 0 atom stereocenters. The van der Waals surface area contributed by atoms with E-state index >= 15 is 0 Å². The lowest BCUT2D eigenvalue weighted by Crippen LogP contribution is -1.96. The van der Waals surface area contributed by atoms with Gasteiger partial charge in [-0.3, -0.25) is 0 Å². The Bertz CT molecular complexity index is 906. The van der Waals surface area contributed by atoms with E-state index in [0.29, 0.717) is 0 Å². The minimum absolute atomic E-state index is 0.0971. The Morgan fingerprint density at radius 3 is 1.74 bits per heavy atom. The van der Waals surface area contributed by atoms with Gasteiger partial charge < -0.3 is 0 Å². The number of aryl methyl sites for hydroxylation is 4. The maximum Gasteiger partial charge on any atom is 0.127 e. The summed E-state index contributed by atoms with van der Waals surface area (Å²) >= 11 is 0. The molecule has 0 spiro atoms. The van der Waals surface area contributed by atoms with E-state index in [1.807, 2.05) is 6.07 Å². The number of unbranched alkanes of at least 4 members (excludes halogenated alkanes) is 4. The SMILES string of the molecule is CCCCCCCc1ccc(-c2ccc(CCc3ccc(CCC)cc3)c(F)c2)cc1. The van der Waals surface area contributed by atoms with E-state index in [1.54, 1.807) is 6.07 Å². The van der Waals surface area contributed by atoms with Crippen molar-refractivity contribution in [1.82, 2.24) is 0 Å². The molecular weight excluding hydrogens is 379 g/mol. The van der Waals surface area contributed by atoms with Crippen LogP contribution in [0.4, 0.5) is 4.39 Å². The molecule has 0 aliphatic rings. The highest BCUT2D eigenvalue weighted by Gasteiger charge is 2.07. The van der Waals surface area contributed by atoms with Crippen LogP contribution in [-0.2, 0) is 25.7 Å². The van der Waals surface area contributed by atoms with Gasteiger partial charge in [-0.25, -0.2) is 4.39 Å². The van der Waals surface area contributed by atoms with E-state index in [9.17, 15) is 4.39 Å². The Labute approximate surface area is 188 Å². The summed E-state index contributed by atoms with van der Waals surface area (Å²) in [5.74, 6) is -0.0971. The van der Waals surface area contributed by atoms with Crippen molar-refractivity contribution in [2.24, 2.45) is 0 Å². The Morgan fingerprint density at radius 2 is 1.10 bits per heavy atom. The molecule has 0 fully saturated rings. The normalized spacial score (nSPS) is 11.1. The van der Waals surface area contributed by atoms with Crippen LogP contribution < -0.4 is 0 Å². The largest absolute Gasteiger partial charge is 0.207 e. The van der Waals surface area contributed by atoms with Crippen molar-refractivity contribution in [3.8, 4) is 11.1 Å². The number of hydrogen-bond acceptors (Lipinski definition) is 0. The smallest absolute Gasteiger partial charge is 0.127 e. The van der Waals surface area contributed by atoms with Crippen molar-refractivity contribution in [2.75, 3.05) is 0 Å². The third-order valence-electron chi connectivity index (χ3n) is 6.15. The maximum atomic E-state index is 14.8. The fourth-order valence-electron chi connectivity index (χ4n) is 4.17. The summed E-state index contributed by atoms with van der Waals surface area (Å²) in [7, 11) is 0. The topological polar surface area (TPSA) is 0 Å². The van der Waals surface area contributed by atoms with Crippen LogP contribution in [0.15, 0.2) is 66.7 Å². The lowest BCUT2D eigenvalue weighted by Gasteiger charge is -2.09. The molecule has 3 rings (SSSR count). The van der Waals surface area contributed by atoms with Gasteiger partial charge in [0.15, 0.2) is 0 Å². The summed E-state index contributed by atoms with van der Waals surface area (Å²) in [6, 6.07) is 23.1.